The van der Waals surface area contributed by atoms with E-state index in [0.717, 1.165) is 19.3 Å². The van der Waals surface area contributed by atoms with Gasteiger partial charge in [-0.05, 0) is 54.9 Å². The molecule has 0 saturated heterocycles. The SMILES string of the molecule is OC(CC1CCCc2ccccc21)c1c(F)cccc1Cl. The molecule has 0 bridgehead atoms. The normalized spacial score (nSPS) is 19.1. The quantitative estimate of drug-likeness (QED) is 0.844. The summed E-state index contributed by atoms with van der Waals surface area (Å²) in [6.07, 6.45) is 2.87. The molecule has 2 aromatic rings. The Kier molecular flexibility index (Phi) is 4.27. The molecular weight excluding hydrogens is 287 g/mol. The van der Waals surface area contributed by atoms with Crippen molar-refractivity contribution in [2.45, 2.75) is 37.7 Å². The number of aliphatic hydroxyl groups is 1. The number of hydrogen-bond acceptors (Lipinski definition) is 1. The van der Waals surface area contributed by atoms with Gasteiger partial charge in [-0.25, -0.2) is 4.39 Å². The Morgan fingerprint density at radius 1 is 1.19 bits per heavy atom. The summed E-state index contributed by atoms with van der Waals surface area (Å²) in [5, 5.41) is 10.7. The van der Waals surface area contributed by atoms with Crippen LogP contribution in [-0.2, 0) is 6.42 Å². The third kappa shape index (κ3) is 2.97. The van der Waals surface area contributed by atoms with Gasteiger partial charge in [-0.2, -0.15) is 0 Å². The van der Waals surface area contributed by atoms with E-state index < -0.39 is 11.9 Å². The van der Waals surface area contributed by atoms with Gasteiger partial charge >= 0.3 is 0 Å². The second-order valence-corrected chi connectivity index (χ2v) is 6.08. The summed E-state index contributed by atoms with van der Waals surface area (Å²) in [7, 11) is 0. The first-order valence-corrected chi connectivity index (χ1v) is 7.74. The molecule has 3 rings (SSSR count). The van der Waals surface area contributed by atoms with Crippen molar-refractivity contribution in [3.05, 3.63) is 70.0 Å². The van der Waals surface area contributed by atoms with Crippen LogP contribution in [0.3, 0.4) is 0 Å². The Balaban J connectivity index is 1.85. The zero-order chi connectivity index (χ0) is 14.8. The summed E-state index contributed by atoms with van der Waals surface area (Å²) >= 11 is 6.04. The summed E-state index contributed by atoms with van der Waals surface area (Å²) in [5.41, 5.74) is 2.86. The standard InChI is InChI=1S/C18H18ClFO/c19-15-9-4-10-16(20)18(15)17(21)11-13-7-3-6-12-5-1-2-8-14(12)13/h1-2,4-5,8-10,13,17,21H,3,6-7,11H2. The molecule has 0 amide bonds. The van der Waals surface area contributed by atoms with E-state index >= 15 is 0 Å². The van der Waals surface area contributed by atoms with E-state index in [9.17, 15) is 9.50 Å². The molecule has 0 saturated carbocycles. The molecule has 0 spiro atoms. The van der Waals surface area contributed by atoms with E-state index in [1.54, 1.807) is 12.1 Å². The lowest BCUT2D eigenvalue weighted by Gasteiger charge is -2.27. The molecule has 1 N–H and O–H groups in total. The highest BCUT2D eigenvalue weighted by atomic mass is 35.5. The molecular formula is C18H18ClFO. The van der Waals surface area contributed by atoms with Crippen LogP contribution in [0.4, 0.5) is 4.39 Å². The molecule has 0 fully saturated rings. The van der Waals surface area contributed by atoms with Crippen molar-refractivity contribution in [1.29, 1.82) is 0 Å². The Morgan fingerprint density at radius 3 is 2.81 bits per heavy atom. The Labute approximate surface area is 129 Å². The number of aliphatic hydroxyl groups excluding tert-OH is 1. The number of hydrogen-bond donors (Lipinski definition) is 1. The predicted octanol–water partition coefficient (Wildman–Crippen LogP) is 5.02. The third-order valence-electron chi connectivity index (χ3n) is 4.33. The van der Waals surface area contributed by atoms with Crippen LogP contribution in [0.2, 0.25) is 5.02 Å². The average molecular weight is 305 g/mol. The van der Waals surface area contributed by atoms with Gasteiger partial charge < -0.3 is 5.11 Å². The van der Waals surface area contributed by atoms with E-state index in [0.29, 0.717) is 11.4 Å². The zero-order valence-corrected chi connectivity index (χ0v) is 12.5. The maximum absolute atomic E-state index is 13.9. The van der Waals surface area contributed by atoms with Crippen LogP contribution in [0.1, 0.15) is 48.0 Å². The highest BCUT2D eigenvalue weighted by Gasteiger charge is 2.25. The van der Waals surface area contributed by atoms with Crippen molar-refractivity contribution in [3.63, 3.8) is 0 Å². The Morgan fingerprint density at radius 2 is 2.00 bits per heavy atom. The summed E-state index contributed by atoms with van der Waals surface area (Å²) in [6, 6.07) is 12.9. The summed E-state index contributed by atoms with van der Waals surface area (Å²) in [4.78, 5) is 0. The molecule has 1 aliphatic carbocycles. The van der Waals surface area contributed by atoms with Gasteiger partial charge in [-0.1, -0.05) is 41.9 Å². The minimum Gasteiger partial charge on any atom is -0.388 e. The number of aryl methyl sites for hydroxylation is 1. The van der Waals surface area contributed by atoms with Gasteiger partial charge in [0.15, 0.2) is 0 Å². The molecule has 0 heterocycles. The first-order valence-electron chi connectivity index (χ1n) is 7.36. The zero-order valence-electron chi connectivity index (χ0n) is 11.7. The number of rotatable bonds is 3. The van der Waals surface area contributed by atoms with Crippen molar-refractivity contribution in [2.75, 3.05) is 0 Å². The number of fused-ring (bicyclic) bond motifs is 1. The van der Waals surface area contributed by atoms with Crippen molar-refractivity contribution in [1.82, 2.24) is 0 Å². The largest absolute Gasteiger partial charge is 0.388 e. The first kappa shape index (κ1) is 14.6. The highest BCUT2D eigenvalue weighted by molar-refractivity contribution is 6.31. The van der Waals surface area contributed by atoms with Gasteiger partial charge in [0.25, 0.3) is 0 Å². The van der Waals surface area contributed by atoms with E-state index in [-0.39, 0.29) is 11.5 Å². The monoisotopic (exact) mass is 304 g/mol. The van der Waals surface area contributed by atoms with Gasteiger partial charge in [0.1, 0.15) is 5.82 Å². The Bertz CT molecular complexity index is 621. The lowest BCUT2D eigenvalue weighted by Crippen LogP contribution is -2.14. The van der Waals surface area contributed by atoms with Gasteiger partial charge in [-0.15, -0.1) is 0 Å². The maximum atomic E-state index is 13.9. The molecule has 2 unspecified atom stereocenters. The van der Waals surface area contributed by atoms with E-state index in [1.807, 2.05) is 12.1 Å². The van der Waals surface area contributed by atoms with Crippen LogP contribution in [0.15, 0.2) is 42.5 Å². The van der Waals surface area contributed by atoms with Crippen molar-refractivity contribution in [3.8, 4) is 0 Å². The van der Waals surface area contributed by atoms with Gasteiger partial charge in [0.05, 0.1) is 6.10 Å². The van der Waals surface area contributed by atoms with E-state index in [2.05, 4.69) is 12.1 Å². The molecule has 3 heteroatoms. The third-order valence-corrected chi connectivity index (χ3v) is 4.66. The van der Waals surface area contributed by atoms with Gasteiger partial charge in [0.2, 0.25) is 0 Å². The summed E-state index contributed by atoms with van der Waals surface area (Å²) in [5.74, 6) is -0.167. The van der Waals surface area contributed by atoms with Crippen molar-refractivity contribution in [2.24, 2.45) is 0 Å². The van der Waals surface area contributed by atoms with Crippen LogP contribution in [0, 0.1) is 5.82 Å². The minimum atomic E-state index is -0.866. The Hall–Kier alpha value is -1.38. The lowest BCUT2D eigenvalue weighted by atomic mass is 9.79. The summed E-state index contributed by atoms with van der Waals surface area (Å²) < 4.78 is 13.9. The second-order valence-electron chi connectivity index (χ2n) is 5.67. The number of benzene rings is 2. The molecule has 1 nitrogen and oxygen atoms in total. The first-order chi connectivity index (χ1) is 10.2. The van der Waals surface area contributed by atoms with Crippen LogP contribution < -0.4 is 0 Å². The molecule has 110 valence electrons. The highest BCUT2D eigenvalue weighted by Crippen LogP contribution is 2.39. The fourth-order valence-electron chi connectivity index (χ4n) is 3.32. The lowest BCUT2D eigenvalue weighted by molar-refractivity contribution is 0.150. The van der Waals surface area contributed by atoms with Crippen LogP contribution >= 0.6 is 11.6 Å². The molecule has 21 heavy (non-hydrogen) atoms. The summed E-state index contributed by atoms with van der Waals surface area (Å²) in [6.45, 7) is 0. The smallest absolute Gasteiger partial charge is 0.130 e. The minimum absolute atomic E-state index is 0.224. The van der Waals surface area contributed by atoms with E-state index in [4.69, 9.17) is 11.6 Å². The van der Waals surface area contributed by atoms with Crippen molar-refractivity contribution < 1.29 is 9.50 Å². The predicted molar refractivity (Wildman–Crippen MR) is 83.1 cm³/mol. The van der Waals surface area contributed by atoms with E-state index in [1.165, 1.54) is 17.2 Å². The fraction of sp³-hybridized carbons (Fsp3) is 0.333. The number of halogens is 2. The van der Waals surface area contributed by atoms with Gasteiger partial charge in [0, 0.05) is 10.6 Å². The van der Waals surface area contributed by atoms with Crippen molar-refractivity contribution >= 4 is 11.6 Å². The van der Waals surface area contributed by atoms with Gasteiger partial charge in [-0.3, -0.25) is 0 Å². The average Bonchev–Trinajstić information content (AvgIpc) is 2.47. The maximum Gasteiger partial charge on any atom is 0.130 e. The molecule has 0 aliphatic heterocycles. The molecule has 2 aromatic carbocycles. The molecule has 0 radical (unpaired) electrons. The molecule has 2 atom stereocenters. The molecule has 0 aromatic heterocycles. The second kappa shape index (κ2) is 6.17. The van der Waals surface area contributed by atoms with Crippen LogP contribution in [-0.4, -0.2) is 5.11 Å². The molecule has 1 aliphatic rings. The van der Waals surface area contributed by atoms with Crippen LogP contribution in [0.5, 0.6) is 0 Å². The topological polar surface area (TPSA) is 20.2 Å². The van der Waals surface area contributed by atoms with Crippen LogP contribution in [0.25, 0.3) is 0 Å². The fourth-order valence-corrected chi connectivity index (χ4v) is 3.60.